The fourth-order valence-electron chi connectivity index (χ4n) is 2.22. The van der Waals surface area contributed by atoms with Gasteiger partial charge in [-0.3, -0.25) is 0 Å². The molecule has 21 heavy (non-hydrogen) atoms. The average Bonchev–Trinajstić information content (AvgIpc) is 3.19. The van der Waals surface area contributed by atoms with Crippen molar-refractivity contribution < 1.29 is 9.53 Å². The molecule has 2 aromatic heterocycles. The summed E-state index contributed by atoms with van der Waals surface area (Å²) < 4.78 is 6.89. The van der Waals surface area contributed by atoms with Crippen LogP contribution in [0.2, 0.25) is 0 Å². The van der Waals surface area contributed by atoms with Crippen molar-refractivity contribution in [3.8, 4) is 5.82 Å². The standard InChI is InChI=1S/C14H17N5O2/c20-14(16-9-11-4-8-21-10-11)18-12-3-1-5-15-13(12)19-7-2-6-17-19/h1-3,5-7,11H,4,8-10H2,(H2,16,18,20)/t11-/m0/s1. The van der Waals surface area contributed by atoms with Gasteiger partial charge in [0.2, 0.25) is 0 Å². The number of anilines is 1. The number of nitrogens with one attached hydrogen (secondary N) is 2. The summed E-state index contributed by atoms with van der Waals surface area (Å²) >= 11 is 0. The molecule has 0 bridgehead atoms. The van der Waals surface area contributed by atoms with Crippen LogP contribution in [0.25, 0.3) is 5.82 Å². The van der Waals surface area contributed by atoms with E-state index < -0.39 is 0 Å². The summed E-state index contributed by atoms with van der Waals surface area (Å²) in [6.07, 6.45) is 6.10. The Kier molecular flexibility index (Phi) is 4.11. The van der Waals surface area contributed by atoms with Crippen molar-refractivity contribution >= 4 is 11.7 Å². The van der Waals surface area contributed by atoms with Gasteiger partial charge < -0.3 is 15.4 Å². The first-order valence-electron chi connectivity index (χ1n) is 6.90. The minimum atomic E-state index is -0.247. The minimum Gasteiger partial charge on any atom is -0.381 e. The monoisotopic (exact) mass is 287 g/mol. The number of nitrogens with zero attached hydrogens (tertiary/aromatic N) is 3. The molecule has 7 heteroatoms. The first kappa shape index (κ1) is 13.6. The molecular weight excluding hydrogens is 270 g/mol. The van der Waals surface area contributed by atoms with Crippen LogP contribution < -0.4 is 10.6 Å². The number of aromatic nitrogens is 3. The van der Waals surface area contributed by atoms with Crippen molar-refractivity contribution in [3.05, 3.63) is 36.8 Å². The summed E-state index contributed by atoms with van der Waals surface area (Å²) in [5, 5.41) is 9.80. The smallest absolute Gasteiger partial charge is 0.319 e. The van der Waals surface area contributed by atoms with Gasteiger partial charge in [-0.05, 0) is 24.6 Å². The first-order valence-corrected chi connectivity index (χ1v) is 6.90. The number of pyridine rings is 1. The number of carbonyl (C=O) groups is 1. The minimum absolute atomic E-state index is 0.247. The van der Waals surface area contributed by atoms with Crippen LogP contribution in [0.15, 0.2) is 36.8 Å². The lowest BCUT2D eigenvalue weighted by molar-refractivity contribution is 0.185. The maximum atomic E-state index is 12.0. The van der Waals surface area contributed by atoms with Crippen molar-refractivity contribution in [3.63, 3.8) is 0 Å². The zero-order valence-electron chi connectivity index (χ0n) is 11.5. The lowest BCUT2D eigenvalue weighted by atomic mass is 10.1. The van der Waals surface area contributed by atoms with Gasteiger partial charge in [0, 0.05) is 37.7 Å². The van der Waals surface area contributed by atoms with E-state index in [1.54, 1.807) is 41.5 Å². The van der Waals surface area contributed by atoms with Crippen molar-refractivity contribution in [2.24, 2.45) is 5.92 Å². The van der Waals surface area contributed by atoms with Gasteiger partial charge in [-0.25, -0.2) is 14.5 Å². The van der Waals surface area contributed by atoms with E-state index in [-0.39, 0.29) is 6.03 Å². The fraction of sp³-hybridized carbons (Fsp3) is 0.357. The molecule has 7 nitrogen and oxygen atoms in total. The second-order valence-electron chi connectivity index (χ2n) is 4.89. The van der Waals surface area contributed by atoms with Gasteiger partial charge in [0.25, 0.3) is 0 Å². The predicted molar refractivity (Wildman–Crippen MR) is 77.3 cm³/mol. The van der Waals surface area contributed by atoms with Crippen LogP contribution in [0, 0.1) is 5.92 Å². The van der Waals surface area contributed by atoms with E-state index in [2.05, 4.69) is 20.7 Å². The summed E-state index contributed by atoms with van der Waals surface area (Å²) in [5.41, 5.74) is 0.612. The zero-order chi connectivity index (χ0) is 14.5. The van der Waals surface area contributed by atoms with Crippen LogP contribution in [-0.4, -0.2) is 40.6 Å². The maximum absolute atomic E-state index is 12.0. The number of urea groups is 1. The Morgan fingerprint density at radius 1 is 1.43 bits per heavy atom. The van der Waals surface area contributed by atoms with Crippen LogP contribution in [0.1, 0.15) is 6.42 Å². The predicted octanol–water partition coefficient (Wildman–Crippen LogP) is 1.43. The second-order valence-corrected chi connectivity index (χ2v) is 4.89. The number of ether oxygens (including phenoxy) is 1. The molecule has 1 atom stereocenters. The third-order valence-corrected chi connectivity index (χ3v) is 3.33. The van der Waals surface area contributed by atoms with Crippen LogP contribution in [0.5, 0.6) is 0 Å². The first-order chi connectivity index (χ1) is 10.3. The van der Waals surface area contributed by atoms with E-state index in [1.807, 2.05) is 0 Å². The summed E-state index contributed by atoms with van der Waals surface area (Å²) in [7, 11) is 0. The normalized spacial score (nSPS) is 17.6. The topological polar surface area (TPSA) is 81.1 Å². The number of amides is 2. The molecule has 0 radical (unpaired) electrons. The average molecular weight is 287 g/mol. The van der Waals surface area contributed by atoms with Gasteiger partial charge in [-0.1, -0.05) is 0 Å². The lowest BCUT2D eigenvalue weighted by Gasteiger charge is -2.12. The van der Waals surface area contributed by atoms with Crippen LogP contribution >= 0.6 is 0 Å². The molecule has 1 aliphatic heterocycles. The molecule has 3 rings (SSSR count). The highest BCUT2D eigenvalue weighted by molar-refractivity contribution is 5.90. The Morgan fingerprint density at radius 2 is 2.38 bits per heavy atom. The quantitative estimate of drug-likeness (QED) is 0.891. The van der Waals surface area contributed by atoms with Gasteiger partial charge in [-0.15, -0.1) is 0 Å². The highest BCUT2D eigenvalue weighted by Gasteiger charge is 2.16. The molecule has 1 saturated heterocycles. The van der Waals surface area contributed by atoms with E-state index in [0.29, 0.717) is 30.6 Å². The van der Waals surface area contributed by atoms with Crippen molar-refractivity contribution in [2.75, 3.05) is 25.1 Å². The van der Waals surface area contributed by atoms with E-state index >= 15 is 0 Å². The highest BCUT2D eigenvalue weighted by Crippen LogP contribution is 2.16. The van der Waals surface area contributed by atoms with Crippen molar-refractivity contribution in [2.45, 2.75) is 6.42 Å². The second kappa shape index (κ2) is 6.36. The largest absolute Gasteiger partial charge is 0.381 e. The van der Waals surface area contributed by atoms with Crippen molar-refractivity contribution in [1.29, 1.82) is 0 Å². The van der Waals surface area contributed by atoms with Crippen LogP contribution in [0.4, 0.5) is 10.5 Å². The van der Waals surface area contributed by atoms with Gasteiger partial charge >= 0.3 is 6.03 Å². The third-order valence-electron chi connectivity index (χ3n) is 3.33. The molecule has 0 unspecified atom stereocenters. The molecule has 0 aliphatic carbocycles. The highest BCUT2D eigenvalue weighted by atomic mass is 16.5. The number of hydrogen-bond acceptors (Lipinski definition) is 4. The van der Waals surface area contributed by atoms with Crippen molar-refractivity contribution in [1.82, 2.24) is 20.1 Å². The molecule has 2 amide bonds. The summed E-state index contributed by atoms with van der Waals surface area (Å²) in [4.78, 5) is 16.2. The Bertz CT molecular complexity index is 593. The van der Waals surface area contributed by atoms with Gasteiger partial charge in [-0.2, -0.15) is 5.10 Å². The van der Waals surface area contributed by atoms with Crippen LogP contribution in [-0.2, 0) is 4.74 Å². The van der Waals surface area contributed by atoms with Gasteiger partial charge in [0.05, 0.1) is 12.3 Å². The van der Waals surface area contributed by atoms with E-state index in [0.717, 1.165) is 13.0 Å². The number of rotatable bonds is 4. The van der Waals surface area contributed by atoms with Gasteiger partial charge in [0.1, 0.15) is 0 Å². The third kappa shape index (κ3) is 3.38. The summed E-state index contributed by atoms with van der Waals surface area (Å²) in [6, 6.07) is 5.12. The summed E-state index contributed by atoms with van der Waals surface area (Å²) in [6.45, 7) is 2.11. The maximum Gasteiger partial charge on any atom is 0.319 e. The Hall–Kier alpha value is -2.41. The molecule has 110 valence electrons. The Balaban J connectivity index is 1.63. The van der Waals surface area contributed by atoms with E-state index in [1.165, 1.54) is 0 Å². The molecule has 2 N–H and O–H groups in total. The number of hydrogen-bond donors (Lipinski definition) is 2. The summed E-state index contributed by atoms with van der Waals surface area (Å²) in [5.74, 6) is 0.983. The lowest BCUT2D eigenvalue weighted by Crippen LogP contribution is -2.33. The Labute approximate surface area is 122 Å². The SMILES string of the molecule is O=C(NC[C@@H]1CCOC1)Nc1cccnc1-n1cccn1. The molecule has 0 spiro atoms. The molecule has 1 aliphatic rings. The van der Waals surface area contributed by atoms with Crippen LogP contribution in [0.3, 0.4) is 0 Å². The molecule has 0 aromatic carbocycles. The molecule has 2 aromatic rings. The molecule has 1 fully saturated rings. The van der Waals surface area contributed by atoms with E-state index in [4.69, 9.17) is 4.74 Å². The molecule has 3 heterocycles. The molecular formula is C14H17N5O2. The number of carbonyl (C=O) groups excluding carboxylic acids is 1. The zero-order valence-corrected chi connectivity index (χ0v) is 11.5. The molecule has 0 saturated carbocycles. The van der Waals surface area contributed by atoms with Gasteiger partial charge in [0.15, 0.2) is 5.82 Å². The Morgan fingerprint density at radius 3 is 3.14 bits per heavy atom. The fourth-order valence-corrected chi connectivity index (χ4v) is 2.22. The van der Waals surface area contributed by atoms with E-state index in [9.17, 15) is 4.79 Å².